The van der Waals surface area contributed by atoms with Crippen molar-refractivity contribution in [3.05, 3.63) is 59.7 Å². The van der Waals surface area contributed by atoms with E-state index in [0.717, 1.165) is 0 Å². The zero-order valence-electron chi connectivity index (χ0n) is 12.0. The van der Waals surface area contributed by atoms with Gasteiger partial charge in [-0.1, -0.05) is 12.1 Å². The Morgan fingerprint density at radius 3 is 2.14 bits per heavy atom. The minimum absolute atomic E-state index is 0.0671. The lowest BCUT2D eigenvalue weighted by Crippen LogP contribution is -2.04. The summed E-state index contributed by atoms with van der Waals surface area (Å²) in [4.78, 5) is 21.4. The van der Waals surface area contributed by atoms with Crippen molar-refractivity contribution in [2.24, 2.45) is 0 Å². The predicted octanol–water partition coefficient (Wildman–Crippen LogP) is 2.54. The summed E-state index contributed by atoms with van der Waals surface area (Å²) in [6.07, 6.45) is 0. The summed E-state index contributed by atoms with van der Waals surface area (Å²) in [5.41, 5.74) is 6.56. The first-order valence-electron chi connectivity index (χ1n) is 6.49. The van der Waals surface area contributed by atoms with Gasteiger partial charge in [0.1, 0.15) is 11.3 Å². The maximum absolute atomic E-state index is 11.1. The van der Waals surface area contributed by atoms with Gasteiger partial charge in [-0.05, 0) is 43.3 Å². The van der Waals surface area contributed by atoms with Gasteiger partial charge < -0.3 is 20.7 Å². The van der Waals surface area contributed by atoms with Gasteiger partial charge in [0.25, 0.3) is 0 Å². The summed E-state index contributed by atoms with van der Waals surface area (Å²) >= 11 is 0. The molecule has 0 saturated carbocycles. The van der Waals surface area contributed by atoms with Crippen LogP contribution in [0.15, 0.2) is 48.5 Å². The molecular formula is C16H17NO5. The number of esters is 1. The van der Waals surface area contributed by atoms with Crippen LogP contribution >= 0.6 is 0 Å². The summed E-state index contributed by atoms with van der Waals surface area (Å²) in [5, 5.41) is 17.3. The highest BCUT2D eigenvalue weighted by Crippen LogP contribution is 2.14. The first kappa shape index (κ1) is 17.0. The third kappa shape index (κ3) is 5.16. The Bertz CT molecular complexity index is 637. The molecule has 0 heterocycles. The van der Waals surface area contributed by atoms with Crippen LogP contribution in [0, 0.1) is 0 Å². The smallest absolute Gasteiger partial charge is 0.339 e. The second-order valence-electron chi connectivity index (χ2n) is 4.16. The lowest BCUT2D eigenvalue weighted by atomic mass is 10.2. The number of phenols is 1. The molecule has 2 aromatic carbocycles. The van der Waals surface area contributed by atoms with Gasteiger partial charge in [-0.25, -0.2) is 9.59 Å². The molecule has 0 aliphatic rings. The van der Waals surface area contributed by atoms with Crippen LogP contribution in [0.4, 0.5) is 5.69 Å². The number of para-hydroxylation sites is 1. The van der Waals surface area contributed by atoms with Gasteiger partial charge in [-0.2, -0.15) is 0 Å². The molecule has 4 N–H and O–H groups in total. The Morgan fingerprint density at radius 1 is 1.09 bits per heavy atom. The third-order valence-electron chi connectivity index (χ3n) is 2.56. The van der Waals surface area contributed by atoms with Crippen molar-refractivity contribution in [2.75, 3.05) is 12.3 Å². The Labute approximate surface area is 127 Å². The zero-order valence-corrected chi connectivity index (χ0v) is 12.0. The summed E-state index contributed by atoms with van der Waals surface area (Å²) in [6.45, 7) is 2.17. The molecule has 0 amide bonds. The normalized spacial score (nSPS) is 9.32. The molecule has 0 aromatic heterocycles. The van der Waals surface area contributed by atoms with E-state index in [9.17, 15) is 9.59 Å². The predicted molar refractivity (Wildman–Crippen MR) is 81.9 cm³/mol. The average molecular weight is 303 g/mol. The molecular weight excluding hydrogens is 286 g/mol. The van der Waals surface area contributed by atoms with Crippen LogP contribution in [-0.2, 0) is 4.74 Å². The number of carboxylic acids is 1. The average Bonchev–Trinajstić information content (AvgIpc) is 2.49. The van der Waals surface area contributed by atoms with E-state index >= 15 is 0 Å². The number of hydrogen-bond donors (Lipinski definition) is 3. The number of carbonyl (C=O) groups excluding carboxylic acids is 1. The number of nitrogens with two attached hydrogens (primary N) is 1. The summed E-state index contributed by atoms with van der Waals surface area (Å²) in [5.74, 6) is -1.62. The van der Waals surface area contributed by atoms with Gasteiger partial charge in [-0.3, -0.25) is 0 Å². The van der Waals surface area contributed by atoms with Crippen molar-refractivity contribution in [1.82, 2.24) is 0 Å². The molecule has 0 bridgehead atoms. The Kier molecular flexibility index (Phi) is 6.43. The number of aromatic hydroxyl groups is 1. The second-order valence-corrected chi connectivity index (χ2v) is 4.16. The van der Waals surface area contributed by atoms with Gasteiger partial charge in [0.2, 0.25) is 0 Å². The first-order valence-corrected chi connectivity index (χ1v) is 6.49. The molecule has 0 atom stereocenters. The molecule has 0 aliphatic heterocycles. The number of carboxylic acid groups (broad SMARTS) is 1. The zero-order chi connectivity index (χ0) is 16.5. The van der Waals surface area contributed by atoms with E-state index in [1.54, 1.807) is 43.3 Å². The van der Waals surface area contributed by atoms with Crippen LogP contribution in [0.25, 0.3) is 0 Å². The molecule has 2 aromatic rings. The van der Waals surface area contributed by atoms with Crippen molar-refractivity contribution >= 4 is 17.6 Å². The van der Waals surface area contributed by atoms with E-state index in [1.807, 2.05) is 0 Å². The van der Waals surface area contributed by atoms with Gasteiger partial charge in [-0.15, -0.1) is 0 Å². The summed E-state index contributed by atoms with van der Waals surface area (Å²) in [7, 11) is 0. The molecule has 0 fully saturated rings. The van der Waals surface area contributed by atoms with Gasteiger partial charge in [0, 0.05) is 5.69 Å². The maximum atomic E-state index is 11.1. The molecule has 0 spiro atoms. The maximum Gasteiger partial charge on any atom is 0.339 e. The van der Waals surface area contributed by atoms with E-state index in [0.29, 0.717) is 17.9 Å². The van der Waals surface area contributed by atoms with E-state index in [1.165, 1.54) is 12.1 Å². The van der Waals surface area contributed by atoms with Gasteiger partial charge >= 0.3 is 11.9 Å². The lowest BCUT2D eigenvalue weighted by molar-refractivity contribution is 0.0526. The highest BCUT2D eigenvalue weighted by Gasteiger charge is 2.05. The molecule has 6 heteroatoms. The number of carbonyl (C=O) groups is 2. The minimum atomic E-state index is -1.11. The molecule has 116 valence electrons. The van der Waals surface area contributed by atoms with Crippen LogP contribution in [0.2, 0.25) is 0 Å². The number of nitrogen functional groups attached to an aromatic ring is 1. The first-order chi connectivity index (χ1) is 10.5. The Hall–Kier alpha value is -3.02. The van der Waals surface area contributed by atoms with Crippen molar-refractivity contribution < 1.29 is 24.5 Å². The molecule has 0 unspecified atom stereocenters. The third-order valence-corrected chi connectivity index (χ3v) is 2.56. The second kappa shape index (κ2) is 8.31. The number of rotatable bonds is 3. The highest BCUT2D eigenvalue weighted by molar-refractivity contribution is 5.90. The van der Waals surface area contributed by atoms with Crippen molar-refractivity contribution in [3.8, 4) is 5.75 Å². The van der Waals surface area contributed by atoms with E-state index < -0.39 is 5.97 Å². The number of benzene rings is 2. The molecule has 0 aliphatic carbocycles. The highest BCUT2D eigenvalue weighted by atomic mass is 16.5. The van der Waals surface area contributed by atoms with Gasteiger partial charge in [0.05, 0.1) is 12.2 Å². The van der Waals surface area contributed by atoms with Crippen LogP contribution in [0.3, 0.4) is 0 Å². The largest absolute Gasteiger partial charge is 0.507 e. The fourth-order valence-electron chi connectivity index (χ4n) is 1.49. The number of aromatic carboxylic acids is 1. The summed E-state index contributed by atoms with van der Waals surface area (Å²) in [6, 6.07) is 12.4. The van der Waals surface area contributed by atoms with Crippen LogP contribution in [-0.4, -0.2) is 28.8 Å². The van der Waals surface area contributed by atoms with E-state index in [-0.39, 0.29) is 17.3 Å². The fourth-order valence-corrected chi connectivity index (χ4v) is 1.49. The SMILES string of the molecule is CCOC(=O)c1ccc(N)cc1.O=C(O)c1ccccc1O. The number of anilines is 1. The van der Waals surface area contributed by atoms with Crippen LogP contribution in [0.5, 0.6) is 5.75 Å². The van der Waals surface area contributed by atoms with Crippen molar-refractivity contribution in [3.63, 3.8) is 0 Å². The Balaban J connectivity index is 0.000000224. The molecule has 2 rings (SSSR count). The fraction of sp³-hybridized carbons (Fsp3) is 0.125. The molecule has 6 nitrogen and oxygen atoms in total. The van der Waals surface area contributed by atoms with E-state index in [4.69, 9.17) is 20.7 Å². The van der Waals surface area contributed by atoms with Crippen molar-refractivity contribution in [2.45, 2.75) is 6.92 Å². The molecule has 0 radical (unpaired) electrons. The quantitative estimate of drug-likeness (QED) is 0.593. The molecule has 22 heavy (non-hydrogen) atoms. The summed E-state index contributed by atoms with van der Waals surface area (Å²) < 4.78 is 4.79. The van der Waals surface area contributed by atoms with Crippen molar-refractivity contribution in [1.29, 1.82) is 0 Å². The Morgan fingerprint density at radius 2 is 1.68 bits per heavy atom. The number of hydrogen-bond acceptors (Lipinski definition) is 5. The number of ether oxygens (including phenoxy) is 1. The van der Waals surface area contributed by atoms with E-state index in [2.05, 4.69) is 0 Å². The monoisotopic (exact) mass is 303 g/mol. The van der Waals surface area contributed by atoms with Crippen LogP contribution < -0.4 is 5.73 Å². The lowest BCUT2D eigenvalue weighted by Gasteiger charge is -2.00. The topological polar surface area (TPSA) is 110 Å². The van der Waals surface area contributed by atoms with Crippen LogP contribution in [0.1, 0.15) is 27.6 Å². The minimum Gasteiger partial charge on any atom is -0.507 e. The van der Waals surface area contributed by atoms with Gasteiger partial charge in [0.15, 0.2) is 0 Å². The molecule has 0 saturated heterocycles. The standard InChI is InChI=1S/C9H11NO2.C7H6O3/c1-2-12-9(11)7-3-5-8(10)6-4-7;8-6-4-2-1-3-5(6)7(9)10/h3-6H,2,10H2,1H3;1-4,8H,(H,9,10).